The molecule has 1 aromatic carbocycles. The van der Waals surface area contributed by atoms with Gasteiger partial charge in [0, 0.05) is 23.1 Å². The summed E-state index contributed by atoms with van der Waals surface area (Å²) < 4.78 is 4.80. The van der Waals surface area contributed by atoms with Gasteiger partial charge in [-0.2, -0.15) is 0 Å². The van der Waals surface area contributed by atoms with Gasteiger partial charge in [0.2, 0.25) is 0 Å². The Morgan fingerprint density at radius 1 is 1.42 bits per heavy atom. The third-order valence-electron chi connectivity index (χ3n) is 3.59. The zero-order valence-corrected chi connectivity index (χ0v) is 13.8. The molecule has 0 aliphatic carbocycles. The Hall–Kier alpha value is -2.67. The number of aliphatic hydroxyl groups is 1. The number of carbonyl (C=O) groups is 2. The average Bonchev–Trinajstić information content (AvgIpc) is 3.05. The van der Waals surface area contributed by atoms with Crippen molar-refractivity contribution in [3.05, 3.63) is 52.7 Å². The van der Waals surface area contributed by atoms with E-state index >= 15 is 0 Å². The molecule has 0 fully saturated rings. The van der Waals surface area contributed by atoms with Crippen LogP contribution in [0, 0.1) is 0 Å². The van der Waals surface area contributed by atoms with Gasteiger partial charge in [0.25, 0.3) is 5.91 Å². The highest BCUT2D eigenvalue weighted by atomic mass is 32.1. The molecule has 1 aromatic heterocycles. The van der Waals surface area contributed by atoms with Crippen molar-refractivity contribution in [2.24, 2.45) is 0 Å². The molecule has 1 aliphatic heterocycles. The standard InChI is InChI=1S/C17H16N2O4S/c1-2-23-17(22)14-12(20)8-11(19-15(14)21)13-9-18-16(24-13)10-6-4-3-5-7-10/h3-7,9,11,20H,2,8H2,1H3,(H,19,21). The van der Waals surface area contributed by atoms with E-state index in [1.807, 2.05) is 30.3 Å². The average molecular weight is 344 g/mol. The summed E-state index contributed by atoms with van der Waals surface area (Å²) in [6.45, 7) is 1.78. The Morgan fingerprint density at radius 2 is 2.17 bits per heavy atom. The van der Waals surface area contributed by atoms with Crippen molar-refractivity contribution in [2.75, 3.05) is 6.61 Å². The van der Waals surface area contributed by atoms with Gasteiger partial charge in [0.05, 0.1) is 12.6 Å². The Balaban J connectivity index is 1.82. The summed E-state index contributed by atoms with van der Waals surface area (Å²) in [6, 6.07) is 9.29. The molecule has 1 amide bonds. The third kappa shape index (κ3) is 3.16. The highest BCUT2D eigenvalue weighted by Gasteiger charge is 2.33. The zero-order valence-electron chi connectivity index (χ0n) is 13.0. The SMILES string of the molecule is CCOC(=O)C1=C(O)CC(c2cnc(-c3ccccc3)s2)NC1=O. The summed E-state index contributed by atoms with van der Waals surface area (Å²) >= 11 is 1.44. The molecule has 1 aliphatic rings. The van der Waals surface area contributed by atoms with Crippen LogP contribution in [0.2, 0.25) is 0 Å². The molecule has 2 N–H and O–H groups in total. The molecule has 0 saturated heterocycles. The normalized spacial score (nSPS) is 17.5. The third-order valence-corrected chi connectivity index (χ3v) is 4.75. The van der Waals surface area contributed by atoms with Crippen LogP contribution in [0.1, 0.15) is 24.3 Å². The predicted octanol–water partition coefficient (Wildman–Crippen LogP) is 2.75. The number of amides is 1. The minimum atomic E-state index is -0.805. The Labute approximate surface area is 142 Å². The van der Waals surface area contributed by atoms with Gasteiger partial charge in [-0.25, -0.2) is 9.78 Å². The van der Waals surface area contributed by atoms with Gasteiger partial charge < -0.3 is 15.2 Å². The van der Waals surface area contributed by atoms with Gasteiger partial charge in [-0.05, 0) is 6.92 Å². The zero-order chi connectivity index (χ0) is 17.1. The number of thiazole rings is 1. The molecular formula is C17H16N2O4S. The molecule has 0 saturated carbocycles. The predicted molar refractivity (Wildman–Crippen MR) is 89.3 cm³/mol. The first kappa shape index (κ1) is 16.2. The van der Waals surface area contributed by atoms with Crippen molar-refractivity contribution >= 4 is 23.2 Å². The first-order valence-corrected chi connectivity index (χ1v) is 8.33. The summed E-state index contributed by atoms with van der Waals surface area (Å²) in [6.07, 6.45) is 1.82. The molecular weight excluding hydrogens is 328 g/mol. The second kappa shape index (κ2) is 6.84. The van der Waals surface area contributed by atoms with Gasteiger partial charge in [0.15, 0.2) is 5.57 Å². The van der Waals surface area contributed by atoms with E-state index in [0.29, 0.717) is 0 Å². The highest BCUT2D eigenvalue weighted by molar-refractivity contribution is 7.15. The maximum Gasteiger partial charge on any atom is 0.347 e. The maximum absolute atomic E-state index is 12.1. The quantitative estimate of drug-likeness (QED) is 0.658. The summed E-state index contributed by atoms with van der Waals surface area (Å²) in [4.78, 5) is 29.1. The lowest BCUT2D eigenvalue weighted by Gasteiger charge is -2.23. The first-order chi connectivity index (χ1) is 11.6. The van der Waals surface area contributed by atoms with E-state index in [4.69, 9.17) is 4.74 Å². The van der Waals surface area contributed by atoms with Crippen LogP contribution in [-0.2, 0) is 14.3 Å². The molecule has 2 aromatic rings. The molecule has 1 atom stereocenters. The van der Waals surface area contributed by atoms with Crippen molar-refractivity contribution in [1.82, 2.24) is 10.3 Å². The number of esters is 1. The lowest BCUT2D eigenvalue weighted by Crippen LogP contribution is -2.37. The van der Waals surface area contributed by atoms with Crippen LogP contribution in [0.5, 0.6) is 0 Å². The molecule has 1 unspecified atom stereocenters. The minimum Gasteiger partial charge on any atom is -0.511 e. The van der Waals surface area contributed by atoms with E-state index in [-0.39, 0.29) is 24.4 Å². The first-order valence-electron chi connectivity index (χ1n) is 7.51. The summed E-state index contributed by atoms with van der Waals surface area (Å²) in [5.41, 5.74) is 0.670. The number of nitrogens with zero attached hydrogens (tertiary/aromatic N) is 1. The van der Waals surface area contributed by atoms with Crippen LogP contribution in [0.3, 0.4) is 0 Å². The van der Waals surface area contributed by atoms with E-state index in [1.165, 1.54) is 11.3 Å². The second-order valence-corrected chi connectivity index (χ2v) is 6.27. The molecule has 124 valence electrons. The van der Waals surface area contributed by atoms with Gasteiger partial charge in [0.1, 0.15) is 10.8 Å². The summed E-state index contributed by atoms with van der Waals surface area (Å²) in [5.74, 6) is -1.69. The number of nitrogens with one attached hydrogen (secondary N) is 1. The van der Waals surface area contributed by atoms with Crippen LogP contribution in [0.25, 0.3) is 10.6 Å². The maximum atomic E-state index is 12.1. The highest BCUT2D eigenvalue weighted by Crippen LogP contribution is 2.33. The van der Waals surface area contributed by atoms with Crippen molar-refractivity contribution in [3.8, 4) is 10.6 Å². The monoisotopic (exact) mass is 344 g/mol. The number of hydrogen-bond donors (Lipinski definition) is 2. The number of ether oxygens (including phenoxy) is 1. The van der Waals surface area contributed by atoms with Crippen LogP contribution < -0.4 is 5.32 Å². The van der Waals surface area contributed by atoms with E-state index in [1.54, 1.807) is 13.1 Å². The van der Waals surface area contributed by atoms with Crippen molar-refractivity contribution in [3.63, 3.8) is 0 Å². The van der Waals surface area contributed by atoms with Gasteiger partial charge >= 0.3 is 5.97 Å². The number of rotatable bonds is 4. The van der Waals surface area contributed by atoms with Crippen LogP contribution in [0.4, 0.5) is 0 Å². The van der Waals surface area contributed by atoms with Crippen molar-refractivity contribution in [2.45, 2.75) is 19.4 Å². The lowest BCUT2D eigenvalue weighted by molar-refractivity contribution is -0.141. The molecule has 0 bridgehead atoms. The van der Waals surface area contributed by atoms with Gasteiger partial charge in [-0.3, -0.25) is 4.79 Å². The molecule has 3 rings (SSSR count). The molecule has 2 heterocycles. The fourth-order valence-electron chi connectivity index (χ4n) is 2.46. The van der Waals surface area contributed by atoms with Gasteiger partial charge in [-0.1, -0.05) is 30.3 Å². The van der Waals surface area contributed by atoms with E-state index < -0.39 is 17.9 Å². The van der Waals surface area contributed by atoms with Crippen molar-refractivity contribution < 1.29 is 19.4 Å². The summed E-state index contributed by atoms with van der Waals surface area (Å²) in [5, 5.41) is 13.7. The minimum absolute atomic E-state index is 0.135. The van der Waals surface area contributed by atoms with E-state index in [9.17, 15) is 14.7 Å². The number of carbonyl (C=O) groups excluding carboxylic acids is 2. The molecule has 7 heteroatoms. The molecule has 6 nitrogen and oxygen atoms in total. The Morgan fingerprint density at radius 3 is 2.83 bits per heavy atom. The number of hydrogen-bond acceptors (Lipinski definition) is 6. The topological polar surface area (TPSA) is 88.5 Å². The van der Waals surface area contributed by atoms with Crippen molar-refractivity contribution in [1.29, 1.82) is 0 Å². The fraction of sp³-hybridized carbons (Fsp3) is 0.235. The lowest BCUT2D eigenvalue weighted by atomic mass is 10.0. The second-order valence-electron chi connectivity index (χ2n) is 5.21. The molecule has 24 heavy (non-hydrogen) atoms. The Bertz CT molecular complexity index is 798. The number of aliphatic hydroxyl groups excluding tert-OH is 1. The number of benzene rings is 1. The molecule has 0 radical (unpaired) electrons. The van der Waals surface area contributed by atoms with Crippen LogP contribution in [0.15, 0.2) is 47.9 Å². The summed E-state index contributed by atoms with van der Waals surface area (Å²) in [7, 11) is 0. The van der Waals surface area contributed by atoms with Gasteiger partial charge in [-0.15, -0.1) is 11.3 Å². The van der Waals surface area contributed by atoms with Crippen LogP contribution in [-0.4, -0.2) is 28.6 Å². The number of aromatic nitrogens is 1. The Kier molecular flexibility index (Phi) is 4.61. The van der Waals surface area contributed by atoms with Crippen LogP contribution >= 0.6 is 11.3 Å². The smallest absolute Gasteiger partial charge is 0.347 e. The van der Waals surface area contributed by atoms with E-state index in [0.717, 1.165) is 15.4 Å². The fourth-order valence-corrected chi connectivity index (χ4v) is 3.43. The molecule has 0 spiro atoms. The van der Waals surface area contributed by atoms with E-state index in [2.05, 4.69) is 10.3 Å². The largest absolute Gasteiger partial charge is 0.511 e.